The van der Waals surface area contributed by atoms with Gasteiger partial charge in [0, 0.05) is 10.9 Å². The van der Waals surface area contributed by atoms with Crippen LogP contribution in [0.5, 0.6) is 0 Å². The zero-order chi connectivity index (χ0) is 12.4. The van der Waals surface area contributed by atoms with Crippen LogP contribution < -0.4 is 5.73 Å². The molecule has 0 spiro atoms. The molecule has 2 N–H and O–H groups in total. The minimum Gasteiger partial charge on any atom is -0.322 e. The average Bonchev–Trinajstić information content (AvgIpc) is 2.81. The summed E-state index contributed by atoms with van der Waals surface area (Å²) in [6, 6.07) is 3.66. The predicted octanol–water partition coefficient (Wildman–Crippen LogP) is 3.50. The molecule has 17 heavy (non-hydrogen) atoms. The summed E-state index contributed by atoms with van der Waals surface area (Å²) in [5, 5.41) is 2.62. The molecule has 2 rings (SSSR count). The smallest absolute Gasteiger partial charge is 0.159 e. The molecule has 1 aromatic carbocycles. The van der Waals surface area contributed by atoms with Crippen molar-refractivity contribution in [3.8, 4) is 11.3 Å². The lowest BCUT2D eigenvalue weighted by atomic mass is 10.1. The molecule has 1 unspecified atom stereocenters. The third kappa shape index (κ3) is 2.50. The van der Waals surface area contributed by atoms with Gasteiger partial charge in [0.25, 0.3) is 0 Å². The third-order valence-electron chi connectivity index (χ3n) is 2.49. The molecule has 1 atom stereocenters. The highest BCUT2D eigenvalue weighted by atomic mass is 32.1. The summed E-state index contributed by atoms with van der Waals surface area (Å²) in [7, 11) is 0. The second kappa shape index (κ2) is 4.89. The maximum atomic E-state index is 13.1. The van der Waals surface area contributed by atoms with Gasteiger partial charge >= 0.3 is 0 Å². The molecule has 0 saturated carbocycles. The van der Waals surface area contributed by atoms with E-state index in [0.29, 0.717) is 11.3 Å². The number of hydrogen-bond acceptors (Lipinski definition) is 3. The fourth-order valence-corrected chi connectivity index (χ4v) is 2.33. The van der Waals surface area contributed by atoms with Crippen LogP contribution in [0.1, 0.15) is 24.4 Å². The highest BCUT2D eigenvalue weighted by molar-refractivity contribution is 7.10. The first kappa shape index (κ1) is 12.1. The molecule has 1 aromatic heterocycles. The molecule has 0 bridgehead atoms. The van der Waals surface area contributed by atoms with Crippen molar-refractivity contribution in [3.63, 3.8) is 0 Å². The zero-order valence-electron chi connectivity index (χ0n) is 9.28. The Bertz CT molecular complexity index is 525. The molecular formula is C12H12F2N2S. The van der Waals surface area contributed by atoms with Gasteiger partial charge in [-0.2, -0.15) is 0 Å². The Morgan fingerprint density at radius 1 is 1.35 bits per heavy atom. The second-order valence-electron chi connectivity index (χ2n) is 3.71. The zero-order valence-corrected chi connectivity index (χ0v) is 10.1. The van der Waals surface area contributed by atoms with Gasteiger partial charge in [0.05, 0.1) is 11.7 Å². The van der Waals surface area contributed by atoms with Gasteiger partial charge in [-0.15, -0.1) is 11.3 Å². The lowest BCUT2D eigenvalue weighted by Gasteiger charge is -2.02. The summed E-state index contributed by atoms with van der Waals surface area (Å²) >= 11 is 1.43. The first-order chi connectivity index (χ1) is 8.11. The van der Waals surface area contributed by atoms with Crippen molar-refractivity contribution >= 4 is 11.3 Å². The number of aromatic nitrogens is 1. The Kier molecular flexibility index (Phi) is 3.49. The maximum Gasteiger partial charge on any atom is 0.159 e. The van der Waals surface area contributed by atoms with E-state index in [1.54, 1.807) is 5.38 Å². The highest BCUT2D eigenvalue weighted by Gasteiger charge is 2.11. The van der Waals surface area contributed by atoms with Crippen LogP contribution in [0.3, 0.4) is 0 Å². The molecule has 0 aliphatic carbocycles. The molecule has 1 heterocycles. The molecule has 2 nitrogen and oxygen atoms in total. The van der Waals surface area contributed by atoms with Crippen LogP contribution in [0, 0.1) is 11.6 Å². The Labute approximate surface area is 102 Å². The third-order valence-corrected chi connectivity index (χ3v) is 3.47. The lowest BCUT2D eigenvalue weighted by molar-refractivity contribution is 0.509. The van der Waals surface area contributed by atoms with E-state index in [2.05, 4.69) is 4.98 Å². The van der Waals surface area contributed by atoms with E-state index >= 15 is 0 Å². The summed E-state index contributed by atoms with van der Waals surface area (Å²) in [6.45, 7) is 1.98. The monoisotopic (exact) mass is 254 g/mol. The van der Waals surface area contributed by atoms with E-state index < -0.39 is 11.6 Å². The van der Waals surface area contributed by atoms with E-state index in [-0.39, 0.29) is 6.04 Å². The van der Waals surface area contributed by atoms with Crippen molar-refractivity contribution in [2.75, 3.05) is 0 Å². The van der Waals surface area contributed by atoms with E-state index in [1.165, 1.54) is 17.4 Å². The fourth-order valence-electron chi connectivity index (χ4n) is 1.42. The molecule has 0 radical (unpaired) electrons. The first-order valence-electron chi connectivity index (χ1n) is 5.28. The van der Waals surface area contributed by atoms with E-state index in [9.17, 15) is 8.78 Å². The molecule has 2 aromatic rings. The number of nitrogens with zero attached hydrogens (tertiary/aromatic N) is 1. The molecule has 0 aliphatic rings. The summed E-state index contributed by atoms with van der Waals surface area (Å²) < 4.78 is 25.9. The topological polar surface area (TPSA) is 38.9 Å². The standard InChI is InChI=1S/C12H12F2N2S/c1-2-10(15)12-16-11(6-17-12)7-3-4-8(13)9(14)5-7/h3-6,10H,2,15H2,1H3. The molecule has 0 saturated heterocycles. The van der Waals surface area contributed by atoms with Crippen LogP contribution >= 0.6 is 11.3 Å². The van der Waals surface area contributed by atoms with Crippen LogP contribution in [-0.2, 0) is 0 Å². The molecule has 0 aliphatic heterocycles. The first-order valence-corrected chi connectivity index (χ1v) is 6.16. The number of rotatable bonds is 3. The Morgan fingerprint density at radius 2 is 2.12 bits per heavy atom. The number of halogens is 2. The number of thiazole rings is 1. The summed E-state index contributed by atoms with van der Waals surface area (Å²) in [5.74, 6) is -1.72. The van der Waals surface area contributed by atoms with Gasteiger partial charge in [-0.1, -0.05) is 6.92 Å². The van der Waals surface area contributed by atoms with Crippen molar-refractivity contribution < 1.29 is 8.78 Å². The van der Waals surface area contributed by atoms with Crippen molar-refractivity contribution in [2.24, 2.45) is 5.73 Å². The summed E-state index contributed by atoms with van der Waals surface area (Å²) in [5.41, 5.74) is 7.05. The average molecular weight is 254 g/mol. The number of nitrogens with two attached hydrogens (primary N) is 1. The van der Waals surface area contributed by atoms with Crippen LogP contribution in [0.15, 0.2) is 23.6 Å². The molecule has 5 heteroatoms. The van der Waals surface area contributed by atoms with Crippen molar-refractivity contribution in [2.45, 2.75) is 19.4 Å². The van der Waals surface area contributed by atoms with E-state index in [0.717, 1.165) is 23.6 Å². The SMILES string of the molecule is CCC(N)c1nc(-c2ccc(F)c(F)c2)cs1. The van der Waals surface area contributed by atoms with Gasteiger partial charge < -0.3 is 5.73 Å². The van der Waals surface area contributed by atoms with Crippen molar-refractivity contribution in [1.29, 1.82) is 0 Å². The van der Waals surface area contributed by atoms with Gasteiger partial charge in [-0.25, -0.2) is 13.8 Å². The van der Waals surface area contributed by atoms with Gasteiger partial charge in [-0.3, -0.25) is 0 Å². The van der Waals surface area contributed by atoms with Crippen LogP contribution in [-0.4, -0.2) is 4.98 Å². The molecule has 0 amide bonds. The second-order valence-corrected chi connectivity index (χ2v) is 4.60. The van der Waals surface area contributed by atoms with Crippen LogP contribution in [0.4, 0.5) is 8.78 Å². The summed E-state index contributed by atoms with van der Waals surface area (Å²) in [4.78, 5) is 4.33. The summed E-state index contributed by atoms with van der Waals surface area (Å²) in [6.07, 6.45) is 0.796. The van der Waals surface area contributed by atoms with Crippen LogP contribution in [0.2, 0.25) is 0 Å². The van der Waals surface area contributed by atoms with Crippen molar-refractivity contribution in [1.82, 2.24) is 4.98 Å². The maximum absolute atomic E-state index is 13.1. The molecule has 90 valence electrons. The molecular weight excluding hydrogens is 242 g/mol. The molecule has 0 fully saturated rings. The highest BCUT2D eigenvalue weighted by Crippen LogP contribution is 2.26. The minimum absolute atomic E-state index is 0.0981. The number of hydrogen-bond donors (Lipinski definition) is 1. The van der Waals surface area contributed by atoms with E-state index in [1.807, 2.05) is 6.92 Å². The lowest BCUT2D eigenvalue weighted by Crippen LogP contribution is -2.07. The Balaban J connectivity index is 2.33. The normalized spacial score (nSPS) is 12.7. The van der Waals surface area contributed by atoms with Gasteiger partial charge in [0.1, 0.15) is 5.01 Å². The number of benzene rings is 1. The van der Waals surface area contributed by atoms with Crippen LogP contribution in [0.25, 0.3) is 11.3 Å². The van der Waals surface area contributed by atoms with Gasteiger partial charge in [0.2, 0.25) is 0 Å². The Morgan fingerprint density at radius 3 is 2.76 bits per heavy atom. The van der Waals surface area contributed by atoms with Crippen molar-refractivity contribution in [3.05, 3.63) is 40.2 Å². The minimum atomic E-state index is -0.864. The van der Waals surface area contributed by atoms with E-state index in [4.69, 9.17) is 5.73 Å². The quantitative estimate of drug-likeness (QED) is 0.910. The largest absolute Gasteiger partial charge is 0.322 e. The van der Waals surface area contributed by atoms with Gasteiger partial charge in [0.15, 0.2) is 11.6 Å². The van der Waals surface area contributed by atoms with Gasteiger partial charge in [-0.05, 0) is 24.6 Å². The fraction of sp³-hybridized carbons (Fsp3) is 0.250. The predicted molar refractivity (Wildman–Crippen MR) is 64.7 cm³/mol. The Hall–Kier alpha value is -1.33.